The average molecular weight is 275 g/mol. The Labute approximate surface area is 117 Å². The number of nitrogens with zero attached hydrogens (tertiary/aromatic N) is 2. The third-order valence-electron chi connectivity index (χ3n) is 2.98. The standard InChI is InChI=1S/C14H17N3OS/c1-3-17(4-2)11-7-5-10(6-8-11)9-12-13(15)16-14(18)19-12/h5-9H,3-4H2,1-2H3,(H2,15,16,18). The van der Waals surface area contributed by atoms with E-state index in [2.05, 4.69) is 35.9 Å². The molecule has 4 nitrogen and oxygen atoms in total. The molecular formula is C14H17N3OS. The molecule has 0 saturated carbocycles. The zero-order chi connectivity index (χ0) is 13.8. The van der Waals surface area contributed by atoms with Gasteiger partial charge < -0.3 is 10.6 Å². The van der Waals surface area contributed by atoms with Crippen LogP contribution >= 0.6 is 11.8 Å². The Bertz CT molecular complexity index is 530. The second kappa shape index (κ2) is 5.93. The lowest BCUT2D eigenvalue weighted by Gasteiger charge is -2.20. The minimum Gasteiger partial charge on any atom is -0.383 e. The van der Waals surface area contributed by atoms with Gasteiger partial charge in [0.05, 0.1) is 4.91 Å². The van der Waals surface area contributed by atoms with E-state index in [1.807, 2.05) is 18.2 Å². The van der Waals surface area contributed by atoms with E-state index in [4.69, 9.17) is 5.73 Å². The van der Waals surface area contributed by atoms with Gasteiger partial charge in [-0.25, -0.2) is 0 Å². The maximum atomic E-state index is 11.1. The molecule has 0 fully saturated rings. The Morgan fingerprint density at radius 1 is 1.26 bits per heavy atom. The molecule has 1 aromatic carbocycles. The summed E-state index contributed by atoms with van der Waals surface area (Å²) >= 11 is 1.07. The van der Waals surface area contributed by atoms with E-state index in [0.717, 1.165) is 35.3 Å². The normalized spacial score (nSPS) is 16.8. The minimum atomic E-state index is -0.247. The zero-order valence-electron chi connectivity index (χ0n) is 11.1. The van der Waals surface area contributed by atoms with Crippen molar-refractivity contribution in [3.05, 3.63) is 34.7 Å². The molecule has 1 aliphatic heterocycles. The highest BCUT2D eigenvalue weighted by molar-refractivity contribution is 8.18. The molecule has 1 heterocycles. The third-order valence-corrected chi connectivity index (χ3v) is 3.79. The van der Waals surface area contributed by atoms with Gasteiger partial charge in [-0.05, 0) is 49.4 Å². The molecule has 0 radical (unpaired) electrons. The number of carbonyl (C=O) groups is 1. The van der Waals surface area contributed by atoms with Crippen LogP contribution in [0.25, 0.3) is 6.08 Å². The highest BCUT2D eigenvalue weighted by atomic mass is 32.2. The lowest BCUT2D eigenvalue weighted by atomic mass is 10.1. The smallest absolute Gasteiger partial charge is 0.311 e. The number of carbonyl (C=O) groups excluding carboxylic acids is 1. The molecule has 0 spiro atoms. The van der Waals surface area contributed by atoms with Gasteiger partial charge in [-0.3, -0.25) is 4.79 Å². The lowest BCUT2D eigenvalue weighted by molar-refractivity contribution is 0.268. The van der Waals surface area contributed by atoms with Gasteiger partial charge >= 0.3 is 5.24 Å². The number of thioether (sulfide) groups is 1. The van der Waals surface area contributed by atoms with E-state index in [1.165, 1.54) is 5.69 Å². The molecular weight excluding hydrogens is 258 g/mol. The second-order valence-corrected chi connectivity index (χ2v) is 5.13. The topological polar surface area (TPSA) is 58.7 Å². The molecule has 1 aromatic rings. The summed E-state index contributed by atoms with van der Waals surface area (Å²) < 4.78 is 0. The number of aliphatic imine (C=N–C) groups is 1. The van der Waals surface area contributed by atoms with Gasteiger partial charge in [0.15, 0.2) is 0 Å². The number of hydrogen-bond acceptors (Lipinski definition) is 4. The van der Waals surface area contributed by atoms with Gasteiger partial charge in [-0.2, -0.15) is 4.99 Å². The molecule has 5 heteroatoms. The molecule has 100 valence electrons. The molecule has 0 aliphatic carbocycles. The first-order valence-electron chi connectivity index (χ1n) is 6.27. The highest BCUT2D eigenvalue weighted by Gasteiger charge is 2.18. The predicted molar refractivity (Wildman–Crippen MR) is 82.6 cm³/mol. The molecule has 19 heavy (non-hydrogen) atoms. The summed E-state index contributed by atoms with van der Waals surface area (Å²) in [6.07, 6.45) is 1.89. The van der Waals surface area contributed by atoms with Crippen LogP contribution in [-0.2, 0) is 0 Å². The first kappa shape index (κ1) is 13.7. The average Bonchev–Trinajstić information content (AvgIpc) is 2.71. The van der Waals surface area contributed by atoms with E-state index < -0.39 is 0 Å². The number of anilines is 1. The summed E-state index contributed by atoms with van der Waals surface area (Å²) in [6.45, 7) is 6.25. The number of benzene rings is 1. The van der Waals surface area contributed by atoms with E-state index >= 15 is 0 Å². The molecule has 2 N–H and O–H groups in total. The van der Waals surface area contributed by atoms with Crippen molar-refractivity contribution in [1.82, 2.24) is 0 Å². The Balaban J connectivity index is 2.18. The van der Waals surface area contributed by atoms with Crippen molar-refractivity contribution in [2.45, 2.75) is 13.8 Å². The third kappa shape index (κ3) is 3.17. The van der Waals surface area contributed by atoms with Crippen molar-refractivity contribution >= 4 is 34.6 Å². The summed E-state index contributed by atoms with van der Waals surface area (Å²) in [6, 6.07) is 8.21. The van der Waals surface area contributed by atoms with Crippen LogP contribution in [0, 0.1) is 0 Å². The van der Waals surface area contributed by atoms with Gasteiger partial charge in [-0.15, -0.1) is 0 Å². The number of amidine groups is 1. The van der Waals surface area contributed by atoms with Crippen LogP contribution in [0.3, 0.4) is 0 Å². The van der Waals surface area contributed by atoms with Crippen LogP contribution in [0.2, 0.25) is 0 Å². The first-order valence-corrected chi connectivity index (χ1v) is 7.08. The highest BCUT2D eigenvalue weighted by Crippen LogP contribution is 2.27. The van der Waals surface area contributed by atoms with Crippen molar-refractivity contribution in [1.29, 1.82) is 0 Å². The Hall–Kier alpha value is -1.75. The Morgan fingerprint density at radius 2 is 1.89 bits per heavy atom. The maximum Gasteiger partial charge on any atom is 0.311 e. The Kier molecular flexibility index (Phi) is 4.27. The van der Waals surface area contributed by atoms with Crippen LogP contribution < -0.4 is 10.6 Å². The van der Waals surface area contributed by atoms with Gasteiger partial charge in [0.1, 0.15) is 5.84 Å². The summed E-state index contributed by atoms with van der Waals surface area (Å²) in [5, 5.41) is -0.247. The number of hydrogen-bond donors (Lipinski definition) is 1. The fraction of sp³-hybridized carbons (Fsp3) is 0.286. The molecule has 0 saturated heterocycles. The zero-order valence-corrected chi connectivity index (χ0v) is 11.9. The largest absolute Gasteiger partial charge is 0.383 e. The summed E-state index contributed by atoms with van der Waals surface area (Å²) in [5.41, 5.74) is 7.89. The van der Waals surface area contributed by atoms with Crippen LogP contribution in [0.1, 0.15) is 19.4 Å². The number of nitrogens with two attached hydrogens (primary N) is 1. The van der Waals surface area contributed by atoms with E-state index in [0.29, 0.717) is 5.84 Å². The molecule has 0 aromatic heterocycles. The van der Waals surface area contributed by atoms with Crippen LogP contribution in [0.4, 0.5) is 10.5 Å². The molecule has 1 amide bonds. The second-order valence-electron chi connectivity index (χ2n) is 4.14. The lowest BCUT2D eigenvalue weighted by Crippen LogP contribution is -2.21. The monoisotopic (exact) mass is 275 g/mol. The van der Waals surface area contributed by atoms with Gasteiger partial charge in [0.25, 0.3) is 0 Å². The van der Waals surface area contributed by atoms with Crippen molar-refractivity contribution in [2.75, 3.05) is 18.0 Å². The molecule has 0 bridgehead atoms. The van der Waals surface area contributed by atoms with Crippen molar-refractivity contribution in [3.63, 3.8) is 0 Å². The van der Waals surface area contributed by atoms with Crippen molar-refractivity contribution < 1.29 is 4.79 Å². The van der Waals surface area contributed by atoms with Crippen molar-refractivity contribution in [3.8, 4) is 0 Å². The van der Waals surface area contributed by atoms with E-state index in [-0.39, 0.29) is 5.24 Å². The first-order chi connectivity index (χ1) is 9.13. The van der Waals surface area contributed by atoms with E-state index in [1.54, 1.807) is 0 Å². The number of rotatable bonds is 4. The van der Waals surface area contributed by atoms with Gasteiger partial charge in [0, 0.05) is 18.8 Å². The summed E-state index contributed by atoms with van der Waals surface area (Å²) in [7, 11) is 0. The van der Waals surface area contributed by atoms with Crippen LogP contribution in [0.15, 0.2) is 34.2 Å². The fourth-order valence-electron chi connectivity index (χ4n) is 1.95. The fourth-order valence-corrected chi connectivity index (χ4v) is 2.62. The van der Waals surface area contributed by atoms with Gasteiger partial charge in [-0.1, -0.05) is 12.1 Å². The minimum absolute atomic E-state index is 0.247. The summed E-state index contributed by atoms with van der Waals surface area (Å²) in [4.78, 5) is 17.8. The van der Waals surface area contributed by atoms with Gasteiger partial charge in [0.2, 0.25) is 0 Å². The summed E-state index contributed by atoms with van der Waals surface area (Å²) in [5.74, 6) is 0.308. The predicted octanol–water partition coefficient (Wildman–Crippen LogP) is 3.10. The molecule has 2 rings (SSSR count). The number of amides is 1. The Morgan fingerprint density at radius 3 is 2.37 bits per heavy atom. The van der Waals surface area contributed by atoms with Crippen molar-refractivity contribution in [2.24, 2.45) is 10.7 Å². The quantitative estimate of drug-likeness (QED) is 0.917. The molecule has 0 atom stereocenters. The van der Waals surface area contributed by atoms with E-state index in [9.17, 15) is 4.79 Å². The SMILES string of the molecule is CCN(CC)c1ccc(C=C2SC(=O)N=C2N)cc1. The maximum absolute atomic E-state index is 11.1. The van der Waals surface area contributed by atoms with Crippen LogP contribution in [-0.4, -0.2) is 24.2 Å². The molecule has 1 aliphatic rings. The van der Waals surface area contributed by atoms with Crippen LogP contribution in [0.5, 0.6) is 0 Å². The molecule has 0 unspecified atom stereocenters.